The molecule has 1 atom stereocenters. The zero-order chi connectivity index (χ0) is 26.7. The second kappa shape index (κ2) is 15.5. The number of rotatable bonds is 17. The van der Waals surface area contributed by atoms with Crippen LogP contribution in [0.3, 0.4) is 0 Å². The lowest BCUT2D eigenvalue weighted by molar-refractivity contribution is 0.235. The van der Waals surface area contributed by atoms with Crippen LogP contribution in [0.2, 0.25) is 0 Å². The lowest BCUT2D eigenvalue weighted by atomic mass is 9.70. The Morgan fingerprint density at radius 2 is 1.22 bits per heavy atom. The van der Waals surface area contributed by atoms with Crippen molar-refractivity contribution in [3.05, 3.63) is 68.3 Å². The van der Waals surface area contributed by atoms with Crippen molar-refractivity contribution in [3.63, 3.8) is 0 Å². The average molecular weight is 635 g/mol. The van der Waals surface area contributed by atoms with Crippen molar-refractivity contribution < 1.29 is 10.2 Å². The Morgan fingerprint density at radius 3 is 1.70 bits per heavy atom. The van der Waals surface area contributed by atoms with E-state index in [4.69, 9.17) is 0 Å². The normalized spacial score (nSPS) is 15.0. The second-order valence-corrected chi connectivity index (χ2v) is 12.8. The molecule has 0 aliphatic heterocycles. The van der Waals surface area contributed by atoms with E-state index in [1.807, 2.05) is 0 Å². The van der Waals surface area contributed by atoms with Gasteiger partial charge in [-0.15, -0.1) is 0 Å². The molecule has 2 N–H and O–H groups in total. The summed E-state index contributed by atoms with van der Waals surface area (Å²) in [4.78, 5) is 0. The fraction of sp³-hybridized carbons (Fsp3) is 0.576. The van der Waals surface area contributed by atoms with Crippen LogP contribution in [-0.4, -0.2) is 16.3 Å². The third-order valence-corrected chi connectivity index (χ3v) is 8.95. The van der Waals surface area contributed by atoms with E-state index in [-0.39, 0.29) is 5.41 Å². The lowest BCUT2D eigenvalue weighted by Crippen LogP contribution is -2.25. The van der Waals surface area contributed by atoms with Gasteiger partial charge in [0.2, 0.25) is 0 Å². The van der Waals surface area contributed by atoms with E-state index in [0.717, 1.165) is 12.8 Å². The highest BCUT2D eigenvalue weighted by atomic mass is 79.9. The Kier molecular flexibility index (Phi) is 12.7. The molecule has 37 heavy (non-hydrogen) atoms. The van der Waals surface area contributed by atoms with Gasteiger partial charge in [0.1, 0.15) is 0 Å². The zero-order valence-corrected chi connectivity index (χ0v) is 26.0. The predicted octanol–water partition coefficient (Wildman–Crippen LogP) is 11.2. The number of fused-ring (bicyclic) bond motifs is 3. The van der Waals surface area contributed by atoms with Crippen LogP contribution >= 0.6 is 31.9 Å². The largest absolute Gasteiger partial charge is 0.513 e. The third-order valence-electron chi connectivity index (χ3n) is 7.96. The molecule has 0 amide bonds. The molecule has 4 heteroatoms. The van der Waals surface area contributed by atoms with E-state index in [9.17, 15) is 10.2 Å². The molecule has 0 radical (unpaired) electrons. The number of halogens is 2. The summed E-state index contributed by atoms with van der Waals surface area (Å²) >= 11 is 7.56. The minimum atomic E-state index is -0.565. The molecule has 0 fully saturated rings. The first kappa shape index (κ1) is 30.4. The molecule has 204 valence electrons. The summed E-state index contributed by atoms with van der Waals surface area (Å²) in [6, 6.07) is 13.8. The molecule has 1 unspecified atom stereocenters. The van der Waals surface area contributed by atoms with Crippen LogP contribution in [0.25, 0.3) is 11.1 Å². The Balaban J connectivity index is 1.56. The fourth-order valence-corrected chi connectivity index (χ4v) is 6.83. The molecular weight excluding hydrogens is 588 g/mol. The molecule has 2 aromatic carbocycles. The van der Waals surface area contributed by atoms with Crippen LogP contribution in [0.15, 0.2) is 57.2 Å². The van der Waals surface area contributed by atoms with Gasteiger partial charge in [-0.25, -0.2) is 0 Å². The topological polar surface area (TPSA) is 40.5 Å². The van der Waals surface area contributed by atoms with Crippen LogP contribution in [0.1, 0.15) is 121 Å². The highest BCUT2D eigenvalue weighted by molar-refractivity contribution is 9.10. The maximum atomic E-state index is 9.76. The third kappa shape index (κ3) is 8.70. The molecule has 0 heterocycles. The number of hydrogen-bond donors (Lipinski definition) is 2. The first-order valence-electron chi connectivity index (χ1n) is 14.6. The molecule has 0 saturated carbocycles. The Bertz CT molecular complexity index is 960. The van der Waals surface area contributed by atoms with Gasteiger partial charge >= 0.3 is 0 Å². The summed E-state index contributed by atoms with van der Waals surface area (Å²) in [5.74, 6) is 0.327. The summed E-state index contributed by atoms with van der Waals surface area (Å²) in [6.45, 7) is 3.97. The minimum absolute atomic E-state index is 0.119. The van der Waals surface area contributed by atoms with Crippen molar-refractivity contribution in [2.24, 2.45) is 0 Å². The van der Waals surface area contributed by atoms with Gasteiger partial charge in [0.15, 0.2) is 0 Å². The summed E-state index contributed by atoms with van der Waals surface area (Å²) < 4.78 is 2.37. The van der Waals surface area contributed by atoms with Crippen LogP contribution < -0.4 is 0 Å². The van der Waals surface area contributed by atoms with Gasteiger partial charge in [-0.2, -0.15) is 0 Å². The van der Waals surface area contributed by atoms with Gasteiger partial charge < -0.3 is 10.2 Å². The van der Waals surface area contributed by atoms with E-state index in [2.05, 4.69) is 75.2 Å². The van der Waals surface area contributed by atoms with Crippen molar-refractivity contribution in [3.8, 4) is 11.1 Å². The zero-order valence-electron chi connectivity index (χ0n) is 22.9. The van der Waals surface area contributed by atoms with Crippen molar-refractivity contribution >= 4 is 31.9 Å². The van der Waals surface area contributed by atoms with Gasteiger partial charge in [0.25, 0.3) is 0 Å². The number of hydrogen-bond acceptors (Lipinski definition) is 2. The van der Waals surface area contributed by atoms with Crippen molar-refractivity contribution in [2.45, 2.75) is 122 Å². The first-order valence-corrected chi connectivity index (χ1v) is 16.1. The standard InChI is InChI=1S/C33H46Br2O2/c1-3-4-5-13-20-33(21-14-11-9-7-6-8-10-12-15-28(37)22-25(2)36)31-23-26(34)16-18-29(31)30-19-17-27(35)24-32(30)33/h16-19,22-25,36-37H,3-15,20-21H2,1-2H3. The van der Waals surface area contributed by atoms with Crippen LogP contribution in [0.4, 0.5) is 0 Å². The average Bonchev–Trinajstić information content (AvgIpc) is 3.11. The van der Waals surface area contributed by atoms with Gasteiger partial charge in [0, 0.05) is 20.8 Å². The summed E-state index contributed by atoms with van der Waals surface area (Å²) in [5.41, 5.74) is 6.03. The molecule has 1 aliphatic rings. The van der Waals surface area contributed by atoms with Gasteiger partial charge in [-0.05, 0) is 78.8 Å². The number of aliphatic hydroxyl groups is 2. The van der Waals surface area contributed by atoms with Gasteiger partial charge in [0.05, 0.1) is 11.9 Å². The monoisotopic (exact) mass is 632 g/mol. The number of benzene rings is 2. The molecule has 0 saturated heterocycles. The molecule has 2 aromatic rings. The van der Waals surface area contributed by atoms with Gasteiger partial charge in [-0.1, -0.05) is 122 Å². The number of aliphatic hydroxyl groups excluding tert-OH is 2. The van der Waals surface area contributed by atoms with Crippen molar-refractivity contribution in [2.75, 3.05) is 0 Å². The Labute approximate surface area is 242 Å². The van der Waals surface area contributed by atoms with Gasteiger partial charge in [-0.3, -0.25) is 0 Å². The van der Waals surface area contributed by atoms with E-state index in [1.165, 1.54) is 114 Å². The number of unbranched alkanes of at least 4 members (excludes halogenated alkanes) is 10. The van der Waals surface area contributed by atoms with Crippen LogP contribution in [0.5, 0.6) is 0 Å². The summed E-state index contributed by atoms with van der Waals surface area (Å²) in [7, 11) is 0. The fourth-order valence-electron chi connectivity index (χ4n) is 6.11. The summed E-state index contributed by atoms with van der Waals surface area (Å²) in [5, 5.41) is 19.1. The maximum absolute atomic E-state index is 9.76. The van der Waals surface area contributed by atoms with Crippen LogP contribution in [0, 0.1) is 0 Å². The summed E-state index contributed by atoms with van der Waals surface area (Å²) in [6.07, 6.45) is 19.1. The van der Waals surface area contributed by atoms with E-state index in [0.29, 0.717) is 12.2 Å². The highest BCUT2D eigenvalue weighted by Gasteiger charge is 2.42. The van der Waals surface area contributed by atoms with E-state index in [1.54, 1.807) is 6.92 Å². The molecule has 0 spiro atoms. The van der Waals surface area contributed by atoms with E-state index < -0.39 is 6.10 Å². The Hall–Kier alpha value is -1.10. The molecule has 3 rings (SSSR count). The second-order valence-electron chi connectivity index (χ2n) is 11.0. The molecule has 0 bridgehead atoms. The number of allylic oxidation sites excluding steroid dienone is 1. The van der Waals surface area contributed by atoms with Crippen LogP contribution in [-0.2, 0) is 5.41 Å². The Morgan fingerprint density at radius 1 is 0.757 bits per heavy atom. The molecule has 1 aliphatic carbocycles. The van der Waals surface area contributed by atoms with Crippen molar-refractivity contribution in [1.29, 1.82) is 0 Å². The smallest absolute Gasteiger partial charge is 0.0908 e. The quantitative estimate of drug-likeness (QED) is 0.134. The minimum Gasteiger partial charge on any atom is -0.513 e. The van der Waals surface area contributed by atoms with E-state index >= 15 is 0 Å². The highest BCUT2D eigenvalue weighted by Crippen LogP contribution is 2.55. The molecule has 0 aromatic heterocycles. The molecular formula is C33H46Br2O2. The first-order chi connectivity index (χ1) is 17.9. The SMILES string of the molecule is CCCCCCC1(CCCCCCCCCCC(O)=CC(C)O)c2cc(Br)ccc2-c2ccc(Br)cc21. The predicted molar refractivity (Wildman–Crippen MR) is 165 cm³/mol. The maximum Gasteiger partial charge on any atom is 0.0908 e. The lowest BCUT2D eigenvalue weighted by Gasteiger charge is -2.33. The van der Waals surface area contributed by atoms with Crippen molar-refractivity contribution in [1.82, 2.24) is 0 Å². The molecule has 2 nitrogen and oxygen atoms in total.